The molecule has 8 heteroatoms. The highest BCUT2D eigenvalue weighted by Gasteiger charge is 2.12. The molecule has 5 nitrogen and oxygen atoms in total. The fourth-order valence-electron chi connectivity index (χ4n) is 2.48. The van der Waals surface area contributed by atoms with Gasteiger partial charge in [-0.3, -0.25) is 4.79 Å². The Morgan fingerprint density at radius 1 is 1.31 bits per heavy atom. The summed E-state index contributed by atoms with van der Waals surface area (Å²) in [6.07, 6.45) is 5.27. The molecule has 3 aromatic rings. The Morgan fingerprint density at radius 3 is 2.77 bits per heavy atom. The first-order valence-corrected chi connectivity index (χ1v) is 11.6. The van der Waals surface area contributed by atoms with Crippen LogP contribution in [0.3, 0.4) is 0 Å². The van der Waals surface area contributed by atoms with Crippen LogP contribution in [0.2, 0.25) is 0 Å². The molecule has 1 amide bonds. The van der Waals surface area contributed by atoms with Crippen LogP contribution in [0.1, 0.15) is 18.2 Å². The standard InChI is InChI=1S/C18H18N2O3S3/c1-3-10-20-15-8-7-14(26(2,22)23)12-16(15)25-18(20)19-17(21)9-6-13-5-4-11-24-13/h4-9,11-12H,3,10H2,1-2H3/b9-6+,19-18?. The van der Waals surface area contributed by atoms with E-state index in [9.17, 15) is 13.2 Å². The lowest BCUT2D eigenvalue weighted by Crippen LogP contribution is -2.16. The maximum Gasteiger partial charge on any atom is 0.272 e. The summed E-state index contributed by atoms with van der Waals surface area (Å²) in [7, 11) is -3.28. The molecule has 0 aliphatic carbocycles. The molecule has 26 heavy (non-hydrogen) atoms. The van der Waals surface area contributed by atoms with Crippen LogP contribution in [0, 0.1) is 0 Å². The zero-order chi connectivity index (χ0) is 18.7. The van der Waals surface area contributed by atoms with Crippen LogP contribution in [0.15, 0.2) is 51.7 Å². The van der Waals surface area contributed by atoms with Gasteiger partial charge >= 0.3 is 0 Å². The van der Waals surface area contributed by atoms with Crippen LogP contribution in [0.4, 0.5) is 0 Å². The van der Waals surface area contributed by atoms with Gasteiger partial charge < -0.3 is 4.57 Å². The Hall–Kier alpha value is -2.03. The van der Waals surface area contributed by atoms with Gasteiger partial charge in [-0.15, -0.1) is 11.3 Å². The largest absolute Gasteiger partial charge is 0.316 e. The van der Waals surface area contributed by atoms with Crippen LogP contribution in [0.5, 0.6) is 0 Å². The van der Waals surface area contributed by atoms with Crippen molar-refractivity contribution in [3.05, 3.63) is 51.5 Å². The van der Waals surface area contributed by atoms with E-state index in [1.165, 1.54) is 23.7 Å². The highest BCUT2D eigenvalue weighted by atomic mass is 32.2. The molecule has 0 N–H and O–H groups in total. The third kappa shape index (κ3) is 4.20. The van der Waals surface area contributed by atoms with Gasteiger partial charge in [0, 0.05) is 23.8 Å². The number of sulfone groups is 1. The highest BCUT2D eigenvalue weighted by Crippen LogP contribution is 2.22. The van der Waals surface area contributed by atoms with Gasteiger partial charge in [-0.05, 0) is 42.1 Å². The molecule has 136 valence electrons. The third-order valence-corrected chi connectivity index (χ3v) is 6.66. The summed E-state index contributed by atoms with van der Waals surface area (Å²) in [6, 6.07) is 8.87. The monoisotopic (exact) mass is 406 g/mol. The second-order valence-electron chi connectivity index (χ2n) is 5.74. The highest BCUT2D eigenvalue weighted by molar-refractivity contribution is 7.90. The lowest BCUT2D eigenvalue weighted by Gasteiger charge is -2.03. The van der Waals surface area contributed by atoms with Gasteiger partial charge in [0.05, 0.1) is 15.1 Å². The quantitative estimate of drug-likeness (QED) is 0.607. The van der Waals surface area contributed by atoms with Gasteiger partial charge in [-0.1, -0.05) is 24.3 Å². The maximum atomic E-state index is 12.2. The van der Waals surface area contributed by atoms with Crippen molar-refractivity contribution in [2.75, 3.05) is 6.26 Å². The average molecular weight is 407 g/mol. The SMILES string of the molecule is CCCn1c(=NC(=O)/C=C/c2cccs2)sc2cc(S(C)(=O)=O)ccc21. The van der Waals surface area contributed by atoms with Crippen molar-refractivity contribution >= 4 is 54.7 Å². The second kappa shape index (κ2) is 7.69. The molecule has 2 aromatic heterocycles. The first-order chi connectivity index (χ1) is 12.4. The zero-order valence-corrected chi connectivity index (χ0v) is 16.8. The molecular formula is C18H18N2O3S3. The third-order valence-electron chi connectivity index (χ3n) is 3.67. The van der Waals surface area contributed by atoms with Gasteiger partial charge in [0.1, 0.15) is 0 Å². The summed E-state index contributed by atoms with van der Waals surface area (Å²) in [6.45, 7) is 2.75. The zero-order valence-electron chi connectivity index (χ0n) is 14.4. The van der Waals surface area contributed by atoms with E-state index in [4.69, 9.17) is 0 Å². The minimum Gasteiger partial charge on any atom is -0.316 e. The maximum absolute atomic E-state index is 12.2. The molecule has 0 unspecified atom stereocenters. The predicted octanol–water partition coefficient (Wildman–Crippen LogP) is 3.72. The summed E-state index contributed by atoms with van der Waals surface area (Å²) in [5.74, 6) is -0.335. The van der Waals surface area contributed by atoms with Crippen LogP contribution in [-0.2, 0) is 21.2 Å². The minimum atomic E-state index is -3.28. The van der Waals surface area contributed by atoms with Gasteiger partial charge in [0.2, 0.25) is 0 Å². The minimum absolute atomic E-state index is 0.269. The smallest absolute Gasteiger partial charge is 0.272 e. The summed E-state index contributed by atoms with van der Waals surface area (Å²) < 4.78 is 26.3. The molecule has 0 fully saturated rings. The fraction of sp³-hybridized carbons (Fsp3) is 0.222. The molecule has 0 saturated carbocycles. The summed E-state index contributed by atoms with van der Waals surface area (Å²) in [5, 5.41) is 1.95. The number of rotatable bonds is 5. The van der Waals surface area contributed by atoms with Crippen molar-refractivity contribution in [1.82, 2.24) is 4.57 Å². The van der Waals surface area contributed by atoms with E-state index in [0.29, 0.717) is 11.3 Å². The van der Waals surface area contributed by atoms with Crippen LogP contribution >= 0.6 is 22.7 Å². The number of amides is 1. The van der Waals surface area contributed by atoms with Crippen LogP contribution < -0.4 is 4.80 Å². The molecule has 1 aromatic carbocycles. The van der Waals surface area contributed by atoms with Crippen LogP contribution in [-0.4, -0.2) is 25.1 Å². The number of hydrogen-bond donors (Lipinski definition) is 0. The van der Waals surface area contributed by atoms with Crippen LogP contribution in [0.25, 0.3) is 16.3 Å². The number of fused-ring (bicyclic) bond motifs is 1. The predicted molar refractivity (Wildman–Crippen MR) is 107 cm³/mol. The van der Waals surface area contributed by atoms with Crippen molar-refractivity contribution in [2.45, 2.75) is 24.8 Å². The molecule has 0 atom stereocenters. The molecule has 0 spiro atoms. The van der Waals surface area contributed by atoms with E-state index < -0.39 is 9.84 Å². The molecule has 0 aliphatic rings. The Kier molecular flexibility index (Phi) is 5.55. The Labute approximate surface area is 159 Å². The number of carbonyl (C=O) groups is 1. The number of thiazole rings is 1. The van der Waals surface area contributed by atoms with Crippen molar-refractivity contribution in [1.29, 1.82) is 0 Å². The van der Waals surface area contributed by atoms with Crippen molar-refractivity contribution < 1.29 is 13.2 Å². The number of aromatic nitrogens is 1. The first-order valence-electron chi connectivity index (χ1n) is 8.02. The summed E-state index contributed by atoms with van der Waals surface area (Å²) in [5.41, 5.74) is 0.887. The topological polar surface area (TPSA) is 68.5 Å². The van der Waals surface area contributed by atoms with E-state index in [1.54, 1.807) is 35.6 Å². The van der Waals surface area contributed by atoms with Gasteiger partial charge in [-0.2, -0.15) is 4.99 Å². The first kappa shape index (κ1) is 18.8. The fourth-order valence-corrected chi connectivity index (χ4v) is 4.92. The number of carbonyl (C=O) groups excluding carboxylic acids is 1. The Bertz CT molecular complexity index is 1130. The number of thiophene rings is 1. The lowest BCUT2D eigenvalue weighted by atomic mass is 10.3. The summed E-state index contributed by atoms with van der Waals surface area (Å²) in [4.78, 5) is 18.3. The number of aryl methyl sites for hydroxylation is 1. The molecule has 2 heterocycles. The molecule has 0 aliphatic heterocycles. The van der Waals surface area contributed by atoms with Crippen molar-refractivity contribution in [3.8, 4) is 0 Å². The second-order valence-corrected chi connectivity index (χ2v) is 9.74. The van der Waals surface area contributed by atoms with E-state index in [2.05, 4.69) is 4.99 Å². The van der Waals surface area contributed by atoms with Gasteiger partial charge in [-0.25, -0.2) is 8.42 Å². The Balaban J connectivity index is 2.06. The lowest BCUT2D eigenvalue weighted by molar-refractivity contribution is -0.113. The molecule has 0 bridgehead atoms. The van der Waals surface area contributed by atoms with Crippen molar-refractivity contribution in [3.63, 3.8) is 0 Å². The van der Waals surface area contributed by atoms with Crippen molar-refractivity contribution in [2.24, 2.45) is 4.99 Å². The number of nitrogens with zero attached hydrogens (tertiary/aromatic N) is 2. The normalized spacial score (nSPS) is 13.1. The van der Waals surface area contributed by atoms with E-state index >= 15 is 0 Å². The average Bonchev–Trinajstić information content (AvgIpc) is 3.20. The molecule has 0 radical (unpaired) electrons. The van der Waals surface area contributed by atoms with Gasteiger partial charge in [0.15, 0.2) is 14.6 Å². The number of benzene rings is 1. The van der Waals surface area contributed by atoms with E-state index in [0.717, 1.165) is 21.5 Å². The van der Waals surface area contributed by atoms with Gasteiger partial charge in [0.25, 0.3) is 5.91 Å². The number of hydrogen-bond acceptors (Lipinski definition) is 5. The van der Waals surface area contributed by atoms with E-state index in [-0.39, 0.29) is 10.8 Å². The Morgan fingerprint density at radius 2 is 2.12 bits per heavy atom. The van der Waals surface area contributed by atoms with E-state index in [1.807, 2.05) is 29.0 Å². The molecule has 3 rings (SSSR count). The summed E-state index contributed by atoms with van der Waals surface area (Å²) >= 11 is 2.88. The molecule has 0 saturated heterocycles. The molecular weight excluding hydrogens is 388 g/mol.